The molecule has 20 heavy (non-hydrogen) atoms. The minimum absolute atomic E-state index is 0.0308. The molecule has 0 aromatic carbocycles. The molecule has 5 nitrogen and oxygen atoms in total. The summed E-state index contributed by atoms with van der Waals surface area (Å²) in [4.78, 5) is 30.7. The largest absolute Gasteiger partial charge is 0.348 e. The van der Waals surface area contributed by atoms with Crippen LogP contribution in [0.4, 0.5) is 0 Å². The van der Waals surface area contributed by atoms with Crippen molar-refractivity contribution in [3.8, 4) is 10.6 Å². The van der Waals surface area contributed by atoms with Crippen LogP contribution in [0.15, 0.2) is 23.0 Å². The Bertz CT molecular complexity index is 680. The third-order valence-electron chi connectivity index (χ3n) is 2.81. The average molecular weight is 312 g/mol. The Kier molecular flexibility index (Phi) is 4.57. The van der Waals surface area contributed by atoms with E-state index in [1.54, 1.807) is 18.2 Å². The molecule has 0 aliphatic rings. The van der Waals surface area contributed by atoms with Gasteiger partial charge in [-0.05, 0) is 31.5 Å². The summed E-state index contributed by atoms with van der Waals surface area (Å²) in [5, 5.41) is 2.78. The van der Waals surface area contributed by atoms with E-state index in [4.69, 9.17) is 11.6 Å². The number of H-pyrrole nitrogens is 1. The highest BCUT2D eigenvalue weighted by Crippen LogP contribution is 2.29. The zero-order valence-electron chi connectivity index (χ0n) is 11.1. The number of nitrogens with zero attached hydrogens (tertiary/aromatic N) is 1. The van der Waals surface area contributed by atoms with Gasteiger partial charge in [-0.2, -0.15) is 4.98 Å². The van der Waals surface area contributed by atoms with Crippen LogP contribution < -0.4 is 11.0 Å². The van der Waals surface area contributed by atoms with Gasteiger partial charge in [-0.3, -0.25) is 4.79 Å². The molecule has 0 fully saturated rings. The van der Waals surface area contributed by atoms with E-state index < -0.39 is 5.69 Å². The smallest absolute Gasteiger partial charge is 0.346 e. The summed E-state index contributed by atoms with van der Waals surface area (Å²) in [6.07, 6.45) is 0.808. The zero-order chi connectivity index (χ0) is 14.7. The summed E-state index contributed by atoms with van der Waals surface area (Å²) < 4.78 is 0.614. The van der Waals surface area contributed by atoms with Gasteiger partial charge in [0.25, 0.3) is 5.91 Å². The Morgan fingerprint density at radius 1 is 1.55 bits per heavy atom. The van der Waals surface area contributed by atoms with Crippen molar-refractivity contribution in [1.82, 2.24) is 15.3 Å². The summed E-state index contributed by atoms with van der Waals surface area (Å²) in [5.74, 6) is -0.352. The van der Waals surface area contributed by atoms with Crippen LogP contribution in [0.5, 0.6) is 0 Å². The monoisotopic (exact) mass is 311 g/mol. The maximum absolute atomic E-state index is 12.0. The molecule has 0 spiro atoms. The lowest BCUT2D eigenvalue weighted by Gasteiger charge is -2.10. The summed E-state index contributed by atoms with van der Waals surface area (Å²) in [7, 11) is 0. The molecule has 7 heteroatoms. The molecule has 0 aliphatic heterocycles. The number of thiophene rings is 1. The fourth-order valence-corrected chi connectivity index (χ4v) is 2.58. The molecule has 2 heterocycles. The normalized spacial score (nSPS) is 12.2. The predicted octanol–water partition coefficient (Wildman–Crippen LogP) is 2.68. The molecule has 2 aromatic heterocycles. The highest BCUT2D eigenvalue weighted by Gasteiger charge is 2.13. The Hall–Kier alpha value is -1.66. The molecule has 2 aromatic rings. The van der Waals surface area contributed by atoms with Gasteiger partial charge in [-0.1, -0.05) is 18.5 Å². The lowest BCUT2D eigenvalue weighted by molar-refractivity contribution is 0.0934. The fraction of sp³-hybridized carbons (Fsp3) is 0.308. The number of carbonyl (C=O) groups is 1. The minimum Gasteiger partial charge on any atom is -0.348 e. The predicted molar refractivity (Wildman–Crippen MR) is 80.4 cm³/mol. The standard InChI is InChI=1S/C13H14ClN3O2S/c1-3-7(2)15-12(18)9-6-8(16-13(19)17-9)10-4-5-11(14)20-10/h4-7H,3H2,1-2H3,(H,15,18)(H,16,17,19). The first-order valence-electron chi connectivity index (χ1n) is 6.17. The third-order valence-corrected chi connectivity index (χ3v) is 4.07. The molecule has 0 saturated carbocycles. The van der Waals surface area contributed by atoms with Gasteiger partial charge in [0.1, 0.15) is 5.69 Å². The molecule has 0 bridgehead atoms. The summed E-state index contributed by atoms with van der Waals surface area (Å²) >= 11 is 7.20. The van der Waals surface area contributed by atoms with Crippen LogP contribution in [-0.4, -0.2) is 21.9 Å². The van der Waals surface area contributed by atoms with Crippen molar-refractivity contribution in [1.29, 1.82) is 0 Å². The number of aromatic nitrogens is 2. The molecule has 0 radical (unpaired) electrons. The van der Waals surface area contributed by atoms with Crippen molar-refractivity contribution >= 4 is 28.8 Å². The zero-order valence-corrected chi connectivity index (χ0v) is 12.6. The molecular weight excluding hydrogens is 298 g/mol. The SMILES string of the molecule is CCC(C)NC(=O)c1cc(-c2ccc(Cl)s2)[nH]c(=O)n1. The number of aromatic amines is 1. The van der Waals surface area contributed by atoms with Crippen molar-refractivity contribution in [3.05, 3.63) is 38.7 Å². The van der Waals surface area contributed by atoms with Crippen LogP contribution in [0.25, 0.3) is 10.6 Å². The number of rotatable bonds is 4. The molecular formula is C13H14ClN3O2S. The van der Waals surface area contributed by atoms with Crippen LogP contribution in [0, 0.1) is 0 Å². The second-order valence-corrected chi connectivity index (χ2v) is 6.09. The van der Waals surface area contributed by atoms with Crippen molar-refractivity contribution in [2.45, 2.75) is 26.3 Å². The molecule has 1 amide bonds. The van der Waals surface area contributed by atoms with Crippen LogP contribution in [0.1, 0.15) is 30.8 Å². The van der Waals surface area contributed by atoms with Gasteiger partial charge in [0.2, 0.25) is 0 Å². The van der Waals surface area contributed by atoms with Crippen molar-refractivity contribution in [2.24, 2.45) is 0 Å². The van der Waals surface area contributed by atoms with Gasteiger partial charge in [0.15, 0.2) is 0 Å². The first kappa shape index (κ1) is 14.7. The van der Waals surface area contributed by atoms with Gasteiger partial charge in [0.05, 0.1) is 14.9 Å². The Labute approximate surface area is 125 Å². The highest BCUT2D eigenvalue weighted by molar-refractivity contribution is 7.19. The van der Waals surface area contributed by atoms with Gasteiger partial charge >= 0.3 is 5.69 Å². The molecule has 0 aliphatic carbocycles. The Balaban J connectivity index is 2.34. The minimum atomic E-state index is -0.554. The molecule has 106 valence electrons. The van der Waals surface area contributed by atoms with Gasteiger partial charge < -0.3 is 10.3 Å². The first-order valence-corrected chi connectivity index (χ1v) is 7.37. The maximum atomic E-state index is 12.0. The van der Waals surface area contributed by atoms with Crippen LogP contribution >= 0.6 is 22.9 Å². The number of carbonyl (C=O) groups excluding carboxylic acids is 1. The van der Waals surface area contributed by atoms with Crippen molar-refractivity contribution in [3.63, 3.8) is 0 Å². The Morgan fingerprint density at radius 3 is 2.90 bits per heavy atom. The van der Waals surface area contributed by atoms with E-state index in [1.807, 2.05) is 13.8 Å². The second-order valence-electron chi connectivity index (χ2n) is 4.37. The number of amides is 1. The topological polar surface area (TPSA) is 74.8 Å². The molecule has 2 N–H and O–H groups in total. The van der Waals surface area contributed by atoms with E-state index in [9.17, 15) is 9.59 Å². The Morgan fingerprint density at radius 2 is 2.30 bits per heavy atom. The quantitative estimate of drug-likeness (QED) is 0.911. The fourth-order valence-electron chi connectivity index (χ4n) is 1.57. The van der Waals surface area contributed by atoms with E-state index in [0.29, 0.717) is 10.0 Å². The third kappa shape index (κ3) is 3.46. The first-order chi connectivity index (χ1) is 9.49. The maximum Gasteiger partial charge on any atom is 0.346 e. The number of hydrogen-bond acceptors (Lipinski definition) is 4. The average Bonchev–Trinajstić information content (AvgIpc) is 2.84. The van der Waals surface area contributed by atoms with Crippen molar-refractivity contribution in [2.75, 3.05) is 0 Å². The molecule has 0 saturated heterocycles. The second kappa shape index (κ2) is 6.19. The molecule has 1 atom stereocenters. The summed E-state index contributed by atoms with van der Waals surface area (Å²) in [6, 6.07) is 5.11. The lowest BCUT2D eigenvalue weighted by Crippen LogP contribution is -2.33. The van der Waals surface area contributed by atoms with E-state index in [0.717, 1.165) is 11.3 Å². The van der Waals surface area contributed by atoms with Crippen molar-refractivity contribution < 1.29 is 4.79 Å². The molecule has 2 rings (SSSR count). The van der Waals surface area contributed by atoms with E-state index in [-0.39, 0.29) is 17.6 Å². The highest BCUT2D eigenvalue weighted by atomic mass is 35.5. The van der Waals surface area contributed by atoms with Crippen LogP contribution in [-0.2, 0) is 0 Å². The van der Waals surface area contributed by atoms with Gasteiger partial charge in [0, 0.05) is 6.04 Å². The number of nitrogens with one attached hydrogen (secondary N) is 2. The number of halogens is 1. The summed E-state index contributed by atoms with van der Waals surface area (Å²) in [5.41, 5.74) is 0.0890. The van der Waals surface area contributed by atoms with Gasteiger partial charge in [-0.15, -0.1) is 11.3 Å². The number of hydrogen-bond donors (Lipinski definition) is 2. The van der Waals surface area contributed by atoms with E-state index in [2.05, 4.69) is 15.3 Å². The van der Waals surface area contributed by atoms with E-state index >= 15 is 0 Å². The molecule has 1 unspecified atom stereocenters. The van der Waals surface area contributed by atoms with E-state index in [1.165, 1.54) is 11.3 Å². The van der Waals surface area contributed by atoms with Crippen LogP contribution in [0.3, 0.4) is 0 Å². The van der Waals surface area contributed by atoms with Crippen LogP contribution in [0.2, 0.25) is 4.34 Å². The van der Waals surface area contributed by atoms with Gasteiger partial charge in [-0.25, -0.2) is 4.79 Å². The lowest BCUT2D eigenvalue weighted by atomic mass is 10.2. The summed E-state index contributed by atoms with van der Waals surface area (Å²) in [6.45, 7) is 3.86.